The van der Waals surface area contributed by atoms with Gasteiger partial charge < -0.3 is 20.5 Å². The van der Waals surface area contributed by atoms with Crippen molar-refractivity contribution in [1.29, 1.82) is 0 Å². The van der Waals surface area contributed by atoms with Crippen molar-refractivity contribution in [2.45, 2.75) is 12.5 Å². The molecule has 0 spiro atoms. The number of anilines is 1. The molecule has 0 aromatic heterocycles. The lowest BCUT2D eigenvalue weighted by Crippen LogP contribution is -2.40. The number of halogens is 2. The number of carbonyl (C=O) groups is 1. The van der Waals surface area contributed by atoms with Crippen molar-refractivity contribution in [2.24, 2.45) is 0 Å². The number of hydrogen-bond acceptors (Lipinski definition) is 4. The first-order valence-electron chi connectivity index (χ1n) is 5.86. The van der Waals surface area contributed by atoms with Gasteiger partial charge in [0.15, 0.2) is 5.75 Å². The van der Waals surface area contributed by atoms with Crippen LogP contribution in [0.1, 0.15) is 6.42 Å². The Hall–Kier alpha value is -1.01. The highest BCUT2D eigenvalue weighted by Crippen LogP contribution is 2.34. The van der Waals surface area contributed by atoms with E-state index in [0.29, 0.717) is 18.8 Å². The number of carbonyl (C=O) groups excluding carboxylic acids is 1. The molecular weight excluding hydrogens is 291 g/mol. The van der Waals surface area contributed by atoms with Gasteiger partial charge in [0, 0.05) is 18.8 Å². The number of ether oxygens (including phenoxy) is 1. The zero-order valence-corrected chi connectivity index (χ0v) is 11.6. The zero-order chi connectivity index (χ0) is 13.8. The first-order chi connectivity index (χ1) is 9.06. The van der Waals surface area contributed by atoms with E-state index in [4.69, 9.17) is 27.9 Å². The Bertz CT molecular complexity index is 453. The third-order valence-electron chi connectivity index (χ3n) is 2.72. The Balaban J connectivity index is 1.94. The van der Waals surface area contributed by atoms with Crippen LogP contribution in [0.4, 0.5) is 5.69 Å². The van der Waals surface area contributed by atoms with Crippen molar-refractivity contribution in [3.8, 4) is 5.75 Å². The number of rotatable bonds is 3. The van der Waals surface area contributed by atoms with E-state index in [1.165, 1.54) is 12.1 Å². The van der Waals surface area contributed by atoms with E-state index < -0.39 is 0 Å². The summed E-state index contributed by atoms with van der Waals surface area (Å²) in [5.41, 5.74) is 0.446. The molecule has 1 aliphatic heterocycles. The molecule has 1 unspecified atom stereocenters. The number of phenols is 1. The number of benzene rings is 1. The normalized spacial score (nSPS) is 19.2. The summed E-state index contributed by atoms with van der Waals surface area (Å²) in [6.07, 6.45) is 0.125. The number of morpholine rings is 1. The molecule has 104 valence electrons. The number of nitrogens with one attached hydrogen (secondary N) is 2. The maximum absolute atomic E-state index is 11.8. The molecule has 0 aliphatic carbocycles. The monoisotopic (exact) mass is 304 g/mol. The smallest absolute Gasteiger partial charge is 0.227 e. The Morgan fingerprint density at radius 2 is 2.16 bits per heavy atom. The Kier molecular flexibility index (Phi) is 4.87. The fraction of sp³-hybridized carbons (Fsp3) is 0.417. The van der Waals surface area contributed by atoms with Crippen LogP contribution in [0, 0.1) is 0 Å². The van der Waals surface area contributed by atoms with Crippen molar-refractivity contribution in [2.75, 3.05) is 25.0 Å². The quantitative estimate of drug-likeness (QED) is 0.747. The first kappa shape index (κ1) is 14.4. The SMILES string of the molecule is O=C(CC1CNCCO1)Nc1cc(Cl)c(O)c(Cl)c1. The lowest BCUT2D eigenvalue weighted by atomic mass is 10.2. The highest BCUT2D eigenvalue weighted by molar-refractivity contribution is 6.37. The third kappa shape index (κ3) is 3.98. The topological polar surface area (TPSA) is 70.6 Å². The lowest BCUT2D eigenvalue weighted by Gasteiger charge is -2.23. The van der Waals surface area contributed by atoms with E-state index in [2.05, 4.69) is 10.6 Å². The molecule has 0 saturated carbocycles. The van der Waals surface area contributed by atoms with Crippen molar-refractivity contribution in [1.82, 2.24) is 5.32 Å². The van der Waals surface area contributed by atoms with Gasteiger partial charge in [0.2, 0.25) is 5.91 Å². The van der Waals surface area contributed by atoms with Crippen LogP contribution in [-0.2, 0) is 9.53 Å². The van der Waals surface area contributed by atoms with Crippen LogP contribution in [0.15, 0.2) is 12.1 Å². The van der Waals surface area contributed by atoms with Crippen LogP contribution in [-0.4, -0.2) is 36.8 Å². The molecule has 0 radical (unpaired) electrons. The van der Waals surface area contributed by atoms with Gasteiger partial charge in [-0.15, -0.1) is 0 Å². The lowest BCUT2D eigenvalue weighted by molar-refractivity contribution is -0.119. The molecule has 1 fully saturated rings. The van der Waals surface area contributed by atoms with E-state index in [1.807, 2.05) is 0 Å². The molecule has 2 rings (SSSR count). The molecule has 1 saturated heterocycles. The summed E-state index contributed by atoms with van der Waals surface area (Å²) in [7, 11) is 0. The van der Waals surface area contributed by atoms with Crippen molar-refractivity contribution < 1.29 is 14.6 Å². The molecule has 1 heterocycles. The van der Waals surface area contributed by atoms with E-state index in [1.54, 1.807) is 0 Å². The van der Waals surface area contributed by atoms with E-state index in [9.17, 15) is 9.90 Å². The van der Waals surface area contributed by atoms with Gasteiger partial charge in [-0.3, -0.25) is 4.79 Å². The predicted octanol–water partition coefficient (Wildman–Crippen LogP) is 2.02. The predicted molar refractivity (Wildman–Crippen MR) is 74.0 cm³/mol. The Morgan fingerprint density at radius 3 is 2.74 bits per heavy atom. The molecule has 5 nitrogen and oxygen atoms in total. The van der Waals surface area contributed by atoms with Crippen molar-refractivity contribution in [3.05, 3.63) is 22.2 Å². The number of aromatic hydroxyl groups is 1. The second-order valence-corrected chi connectivity index (χ2v) is 5.05. The number of phenolic OH excluding ortho intramolecular Hbond substituents is 1. The standard InChI is InChI=1S/C12H14Cl2N2O3/c13-9-3-7(4-10(14)12(9)18)16-11(17)5-8-6-15-1-2-19-8/h3-4,8,15,18H,1-2,5-6H2,(H,16,17). The van der Waals surface area contributed by atoms with Gasteiger partial charge in [-0.2, -0.15) is 0 Å². The molecule has 1 aliphatic rings. The van der Waals surface area contributed by atoms with E-state index in [-0.39, 0.29) is 34.2 Å². The van der Waals surface area contributed by atoms with Crippen LogP contribution in [0.2, 0.25) is 10.0 Å². The van der Waals surface area contributed by atoms with E-state index in [0.717, 1.165) is 6.54 Å². The van der Waals surface area contributed by atoms with E-state index >= 15 is 0 Å². The van der Waals surface area contributed by atoms with Crippen molar-refractivity contribution >= 4 is 34.8 Å². The highest BCUT2D eigenvalue weighted by atomic mass is 35.5. The second kappa shape index (κ2) is 6.43. The molecule has 0 bridgehead atoms. The Morgan fingerprint density at radius 1 is 1.47 bits per heavy atom. The maximum atomic E-state index is 11.8. The van der Waals surface area contributed by atoms with Crippen LogP contribution >= 0.6 is 23.2 Å². The largest absolute Gasteiger partial charge is 0.505 e. The minimum atomic E-state index is -0.193. The summed E-state index contributed by atoms with van der Waals surface area (Å²) < 4.78 is 5.44. The first-order valence-corrected chi connectivity index (χ1v) is 6.62. The van der Waals surface area contributed by atoms with Gasteiger partial charge in [-0.05, 0) is 12.1 Å². The van der Waals surface area contributed by atoms with Crippen molar-refractivity contribution in [3.63, 3.8) is 0 Å². The summed E-state index contributed by atoms with van der Waals surface area (Å²) in [6.45, 7) is 2.07. The highest BCUT2D eigenvalue weighted by Gasteiger charge is 2.18. The minimum Gasteiger partial charge on any atom is -0.505 e. The fourth-order valence-electron chi connectivity index (χ4n) is 1.81. The van der Waals surface area contributed by atoms with Crippen LogP contribution in [0.5, 0.6) is 5.75 Å². The molecule has 1 aromatic rings. The fourth-order valence-corrected chi connectivity index (χ4v) is 2.29. The molecule has 7 heteroatoms. The van der Waals surface area contributed by atoms with Gasteiger partial charge in [-0.1, -0.05) is 23.2 Å². The Labute approximate surface area is 120 Å². The average molecular weight is 305 g/mol. The van der Waals surface area contributed by atoms with Gasteiger partial charge in [0.25, 0.3) is 0 Å². The van der Waals surface area contributed by atoms with Crippen LogP contribution in [0.3, 0.4) is 0 Å². The summed E-state index contributed by atoms with van der Waals surface area (Å²) in [4.78, 5) is 11.8. The average Bonchev–Trinajstić information content (AvgIpc) is 2.37. The summed E-state index contributed by atoms with van der Waals surface area (Å²) in [5, 5.41) is 15.4. The zero-order valence-electron chi connectivity index (χ0n) is 10.1. The molecule has 1 amide bonds. The number of hydrogen-bond donors (Lipinski definition) is 3. The molecular formula is C12H14Cl2N2O3. The molecule has 19 heavy (non-hydrogen) atoms. The summed E-state index contributed by atoms with van der Waals surface area (Å²) >= 11 is 11.5. The maximum Gasteiger partial charge on any atom is 0.227 e. The van der Waals surface area contributed by atoms with Gasteiger partial charge >= 0.3 is 0 Å². The minimum absolute atomic E-state index is 0.0957. The molecule has 3 N–H and O–H groups in total. The summed E-state index contributed by atoms with van der Waals surface area (Å²) in [5.74, 6) is -0.382. The summed E-state index contributed by atoms with van der Waals surface area (Å²) in [6, 6.07) is 2.89. The van der Waals surface area contributed by atoms with Crippen LogP contribution < -0.4 is 10.6 Å². The third-order valence-corrected chi connectivity index (χ3v) is 3.29. The van der Waals surface area contributed by atoms with Gasteiger partial charge in [0.1, 0.15) is 0 Å². The van der Waals surface area contributed by atoms with Gasteiger partial charge in [-0.25, -0.2) is 0 Å². The van der Waals surface area contributed by atoms with Crippen LogP contribution in [0.25, 0.3) is 0 Å². The van der Waals surface area contributed by atoms with Gasteiger partial charge in [0.05, 0.1) is 29.2 Å². The molecule has 1 aromatic carbocycles. The number of amides is 1. The molecule has 1 atom stereocenters. The second-order valence-electron chi connectivity index (χ2n) is 4.24.